The Kier molecular flexibility index (Phi) is 1.36. The summed E-state index contributed by atoms with van der Waals surface area (Å²) >= 11 is 4.02. The number of nitrogens with zero attached hydrogens (tertiary/aromatic N) is 2. The first-order valence-corrected chi connectivity index (χ1v) is 2.43. The van der Waals surface area contributed by atoms with Crippen LogP contribution in [0.15, 0.2) is 17.4 Å². The topological polar surface area (TPSA) is 15.6 Å². The molecule has 0 aliphatic carbocycles. The van der Waals surface area contributed by atoms with Crippen molar-refractivity contribution in [2.24, 2.45) is 4.99 Å². The van der Waals surface area contributed by atoms with Crippen LogP contribution in [-0.2, 0) is 0 Å². The van der Waals surface area contributed by atoms with Crippen LogP contribution in [0.1, 0.15) is 0 Å². The highest BCUT2D eigenvalue weighted by molar-refractivity contribution is 7.77. The average Bonchev–Trinajstić information content (AvgIpc) is 1.69. The van der Waals surface area contributed by atoms with Crippen molar-refractivity contribution in [2.45, 2.75) is 0 Å². The first kappa shape index (κ1) is 4.71. The summed E-state index contributed by atoms with van der Waals surface area (Å²) in [6.45, 7) is 0.805. The van der Waals surface area contributed by atoms with Crippen molar-refractivity contribution >= 4 is 19.0 Å². The zero-order chi connectivity index (χ0) is 5.11. The molecule has 0 saturated carbocycles. The molecule has 3 heteroatoms. The van der Waals surface area contributed by atoms with Gasteiger partial charge >= 0.3 is 0 Å². The predicted molar refractivity (Wildman–Crippen MR) is 33.3 cm³/mol. The van der Waals surface area contributed by atoms with Crippen molar-refractivity contribution in [3.63, 3.8) is 0 Å². The Labute approximate surface area is 48.1 Å². The van der Waals surface area contributed by atoms with Gasteiger partial charge in [0.1, 0.15) is 0 Å². The lowest BCUT2D eigenvalue weighted by molar-refractivity contribution is 0.724. The van der Waals surface area contributed by atoms with Crippen LogP contribution in [0.3, 0.4) is 0 Å². The molecule has 1 rings (SSSR count). The summed E-state index contributed by atoms with van der Waals surface area (Å²) < 4.78 is 1.76. The number of aliphatic imine (C=N–C) groups is 1. The summed E-state index contributed by atoms with van der Waals surface area (Å²) in [6.07, 6.45) is 5.31. The Hall–Kier alpha value is -0.440. The van der Waals surface area contributed by atoms with E-state index in [1.54, 1.807) is 16.7 Å². The fourth-order valence-corrected chi connectivity index (χ4v) is 0.501. The lowest BCUT2D eigenvalue weighted by Gasteiger charge is -2.08. The molecular weight excluding hydrogens is 108 g/mol. The zero-order valence-corrected chi connectivity index (χ0v) is 4.68. The molecule has 2 nitrogen and oxygen atoms in total. The molecule has 0 aromatic carbocycles. The van der Waals surface area contributed by atoms with Gasteiger partial charge in [-0.2, -0.15) is 0 Å². The van der Waals surface area contributed by atoms with E-state index in [0.717, 1.165) is 6.54 Å². The van der Waals surface area contributed by atoms with Gasteiger partial charge in [-0.05, 0) is 0 Å². The molecule has 0 bridgehead atoms. The van der Waals surface area contributed by atoms with Crippen molar-refractivity contribution < 1.29 is 0 Å². The second kappa shape index (κ2) is 2.02. The van der Waals surface area contributed by atoms with Gasteiger partial charge in [0.05, 0.1) is 6.54 Å². The third kappa shape index (κ3) is 1.23. The molecule has 0 unspecified atom stereocenters. The van der Waals surface area contributed by atoms with E-state index in [9.17, 15) is 0 Å². The van der Waals surface area contributed by atoms with E-state index in [4.69, 9.17) is 0 Å². The SMILES string of the molecule is SN1C=CN=CC1. The molecule has 0 amide bonds. The molecule has 0 atom stereocenters. The van der Waals surface area contributed by atoms with Crippen LogP contribution in [0.4, 0.5) is 0 Å². The van der Waals surface area contributed by atoms with Gasteiger partial charge in [-0.1, -0.05) is 12.8 Å². The van der Waals surface area contributed by atoms with E-state index in [1.165, 1.54) is 0 Å². The maximum atomic E-state index is 4.02. The van der Waals surface area contributed by atoms with Crippen LogP contribution in [0, 0.1) is 0 Å². The molecule has 0 radical (unpaired) electrons. The van der Waals surface area contributed by atoms with Gasteiger partial charge in [-0.25, -0.2) is 0 Å². The Morgan fingerprint density at radius 1 is 1.71 bits per heavy atom. The first-order valence-electron chi connectivity index (χ1n) is 2.03. The maximum absolute atomic E-state index is 4.02. The second-order valence-corrected chi connectivity index (χ2v) is 1.77. The highest BCUT2D eigenvalue weighted by atomic mass is 32.1. The molecule has 0 spiro atoms. The molecular formula is C4H6N2S. The van der Waals surface area contributed by atoms with Gasteiger partial charge in [-0.15, -0.1) is 0 Å². The van der Waals surface area contributed by atoms with Crippen molar-refractivity contribution in [2.75, 3.05) is 6.54 Å². The summed E-state index contributed by atoms with van der Waals surface area (Å²) in [6, 6.07) is 0. The normalized spacial score (nSPS) is 18.1. The van der Waals surface area contributed by atoms with Gasteiger partial charge in [-0.3, -0.25) is 4.99 Å². The number of hydrogen-bond acceptors (Lipinski definition) is 3. The minimum absolute atomic E-state index is 0.805. The fourth-order valence-electron chi connectivity index (χ4n) is 0.368. The van der Waals surface area contributed by atoms with E-state index < -0.39 is 0 Å². The monoisotopic (exact) mass is 114 g/mol. The summed E-state index contributed by atoms with van der Waals surface area (Å²) in [5.74, 6) is 0. The van der Waals surface area contributed by atoms with E-state index in [1.807, 2.05) is 6.20 Å². The van der Waals surface area contributed by atoms with Gasteiger partial charge in [0.15, 0.2) is 0 Å². The van der Waals surface area contributed by atoms with Crippen molar-refractivity contribution in [1.82, 2.24) is 4.31 Å². The van der Waals surface area contributed by atoms with Crippen molar-refractivity contribution in [1.29, 1.82) is 0 Å². The second-order valence-electron chi connectivity index (χ2n) is 1.25. The fraction of sp³-hybridized carbons (Fsp3) is 0.250. The highest BCUT2D eigenvalue weighted by Gasteiger charge is 1.88. The summed E-state index contributed by atoms with van der Waals surface area (Å²) in [7, 11) is 0. The van der Waals surface area contributed by atoms with E-state index >= 15 is 0 Å². The summed E-state index contributed by atoms with van der Waals surface area (Å²) in [5, 5.41) is 0. The smallest absolute Gasteiger partial charge is 0.0640 e. The van der Waals surface area contributed by atoms with Crippen molar-refractivity contribution in [3.05, 3.63) is 12.4 Å². The number of rotatable bonds is 0. The Morgan fingerprint density at radius 3 is 2.86 bits per heavy atom. The molecule has 0 aromatic heterocycles. The molecule has 7 heavy (non-hydrogen) atoms. The molecule has 1 aliphatic rings. The zero-order valence-electron chi connectivity index (χ0n) is 3.78. The van der Waals surface area contributed by atoms with Gasteiger partial charge < -0.3 is 4.31 Å². The third-order valence-corrected chi connectivity index (χ3v) is 0.996. The Morgan fingerprint density at radius 2 is 2.57 bits per heavy atom. The van der Waals surface area contributed by atoms with Crippen LogP contribution in [0.5, 0.6) is 0 Å². The van der Waals surface area contributed by atoms with Crippen LogP contribution in [-0.4, -0.2) is 17.1 Å². The summed E-state index contributed by atoms with van der Waals surface area (Å²) in [4.78, 5) is 3.83. The third-order valence-electron chi connectivity index (χ3n) is 0.699. The number of thiol groups is 1. The molecule has 0 fully saturated rings. The lowest BCUT2D eigenvalue weighted by atomic mass is 10.6. The molecule has 0 aromatic rings. The molecule has 1 aliphatic heterocycles. The van der Waals surface area contributed by atoms with Crippen LogP contribution in [0.25, 0.3) is 0 Å². The summed E-state index contributed by atoms with van der Waals surface area (Å²) in [5.41, 5.74) is 0. The number of hydrogen-bond donors (Lipinski definition) is 1. The Bertz CT molecular complexity index is 108. The predicted octanol–water partition coefficient (Wildman–Crippen LogP) is 0.689. The van der Waals surface area contributed by atoms with Crippen LogP contribution >= 0.6 is 12.8 Å². The standard InChI is InChI=1S/C4H6N2S/c7-6-3-1-5-2-4-6/h1-3,7H,4H2. The molecule has 0 N–H and O–H groups in total. The Balaban J connectivity index is 2.49. The largest absolute Gasteiger partial charge is 0.319 e. The quantitative estimate of drug-likeness (QED) is 0.458. The molecule has 1 heterocycles. The molecule has 38 valence electrons. The first-order chi connectivity index (χ1) is 3.39. The van der Waals surface area contributed by atoms with Crippen LogP contribution < -0.4 is 0 Å². The van der Waals surface area contributed by atoms with Gasteiger partial charge in [0.2, 0.25) is 0 Å². The van der Waals surface area contributed by atoms with E-state index in [0.29, 0.717) is 0 Å². The van der Waals surface area contributed by atoms with Gasteiger partial charge in [0.25, 0.3) is 0 Å². The lowest BCUT2D eigenvalue weighted by Crippen LogP contribution is -2.08. The van der Waals surface area contributed by atoms with Gasteiger partial charge in [0, 0.05) is 18.6 Å². The minimum Gasteiger partial charge on any atom is -0.319 e. The van der Waals surface area contributed by atoms with E-state index in [2.05, 4.69) is 17.8 Å². The maximum Gasteiger partial charge on any atom is 0.0640 e. The highest BCUT2D eigenvalue weighted by Crippen LogP contribution is 1.95. The minimum atomic E-state index is 0.805. The molecule has 0 saturated heterocycles. The average molecular weight is 114 g/mol. The van der Waals surface area contributed by atoms with Crippen molar-refractivity contribution in [3.8, 4) is 0 Å². The van der Waals surface area contributed by atoms with E-state index in [-0.39, 0.29) is 0 Å². The van der Waals surface area contributed by atoms with Crippen LogP contribution in [0.2, 0.25) is 0 Å².